The van der Waals surface area contributed by atoms with Gasteiger partial charge in [0.25, 0.3) is 0 Å². The van der Waals surface area contributed by atoms with E-state index in [4.69, 9.17) is 4.74 Å². The molecule has 0 spiro atoms. The third kappa shape index (κ3) is 6.27. The molecule has 0 unspecified atom stereocenters. The lowest BCUT2D eigenvalue weighted by Gasteiger charge is -2.18. The molecule has 5 nitrogen and oxygen atoms in total. The molecule has 0 aromatic carbocycles. The van der Waals surface area contributed by atoms with Gasteiger partial charge in [0.2, 0.25) is 0 Å². The van der Waals surface area contributed by atoms with Crippen LogP contribution in [0.5, 0.6) is 0 Å². The Hall–Kier alpha value is -1.39. The van der Waals surface area contributed by atoms with Crippen LogP contribution in [0.25, 0.3) is 0 Å². The van der Waals surface area contributed by atoms with Crippen molar-refractivity contribution in [2.45, 2.75) is 85.3 Å². The van der Waals surface area contributed by atoms with Crippen molar-refractivity contribution in [2.75, 3.05) is 0 Å². The van der Waals surface area contributed by atoms with E-state index in [2.05, 4.69) is 17.2 Å². The number of unbranched alkanes of at least 4 members (excludes halogenated alkanes) is 5. The SMILES string of the molecule is CCCCCCCCn1nnc(C(=O)OC(C)(C)C)c1C. The van der Waals surface area contributed by atoms with Crippen LogP contribution < -0.4 is 0 Å². The van der Waals surface area contributed by atoms with Gasteiger partial charge in [-0.3, -0.25) is 0 Å². The quantitative estimate of drug-likeness (QED) is 0.539. The summed E-state index contributed by atoms with van der Waals surface area (Å²) in [5.74, 6) is -0.394. The first-order chi connectivity index (χ1) is 9.85. The minimum absolute atomic E-state index is 0.330. The van der Waals surface area contributed by atoms with Crippen LogP contribution in [0.4, 0.5) is 0 Å². The van der Waals surface area contributed by atoms with E-state index in [1.165, 1.54) is 32.1 Å². The maximum absolute atomic E-state index is 12.0. The summed E-state index contributed by atoms with van der Waals surface area (Å²) >= 11 is 0. The van der Waals surface area contributed by atoms with Crippen LogP contribution in [0.2, 0.25) is 0 Å². The van der Waals surface area contributed by atoms with Crippen molar-refractivity contribution in [1.29, 1.82) is 0 Å². The highest BCUT2D eigenvalue weighted by atomic mass is 16.6. The van der Waals surface area contributed by atoms with Crippen molar-refractivity contribution >= 4 is 5.97 Å². The Morgan fingerprint density at radius 2 is 1.76 bits per heavy atom. The first kappa shape index (κ1) is 17.7. The van der Waals surface area contributed by atoms with Gasteiger partial charge in [0.1, 0.15) is 5.60 Å². The Morgan fingerprint density at radius 3 is 2.38 bits per heavy atom. The van der Waals surface area contributed by atoms with Crippen LogP contribution in [-0.2, 0) is 11.3 Å². The number of aryl methyl sites for hydroxylation is 1. The fraction of sp³-hybridized carbons (Fsp3) is 0.812. The largest absolute Gasteiger partial charge is 0.455 e. The molecular formula is C16H29N3O2. The van der Waals surface area contributed by atoms with Crippen molar-refractivity contribution < 1.29 is 9.53 Å². The molecule has 0 aliphatic rings. The topological polar surface area (TPSA) is 57.0 Å². The zero-order valence-corrected chi connectivity index (χ0v) is 14.1. The molecule has 120 valence electrons. The zero-order chi connectivity index (χ0) is 15.9. The average molecular weight is 295 g/mol. The van der Waals surface area contributed by atoms with Crippen LogP contribution in [0.15, 0.2) is 0 Å². The van der Waals surface area contributed by atoms with E-state index in [1.54, 1.807) is 4.68 Å². The number of aromatic nitrogens is 3. The standard InChI is InChI=1S/C16H29N3O2/c1-6-7-8-9-10-11-12-19-13(2)14(17-18-19)15(20)21-16(3,4)5/h6-12H2,1-5H3. The summed E-state index contributed by atoms with van der Waals surface area (Å²) in [4.78, 5) is 12.0. The number of nitrogens with zero attached hydrogens (tertiary/aromatic N) is 3. The van der Waals surface area contributed by atoms with Crippen molar-refractivity contribution in [3.8, 4) is 0 Å². The smallest absolute Gasteiger partial charge is 0.361 e. The number of carbonyl (C=O) groups excluding carboxylic acids is 1. The predicted molar refractivity (Wildman–Crippen MR) is 83.3 cm³/mol. The Labute approximate surface area is 128 Å². The van der Waals surface area contributed by atoms with Crippen molar-refractivity contribution in [2.24, 2.45) is 0 Å². The molecule has 1 rings (SSSR count). The maximum Gasteiger partial charge on any atom is 0.361 e. The van der Waals surface area contributed by atoms with Gasteiger partial charge in [-0.25, -0.2) is 9.48 Å². The van der Waals surface area contributed by atoms with Gasteiger partial charge < -0.3 is 4.74 Å². The predicted octanol–water partition coefficient (Wildman–Crippen LogP) is 3.90. The van der Waals surface area contributed by atoms with E-state index < -0.39 is 11.6 Å². The number of esters is 1. The molecule has 0 amide bonds. The average Bonchev–Trinajstić information content (AvgIpc) is 2.73. The molecule has 0 N–H and O–H groups in total. The molecule has 0 saturated carbocycles. The van der Waals surface area contributed by atoms with Gasteiger partial charge in [0.05, 0.1) is 5.69 Å². The zero-order valence-electron chi connectivity index (χ0n) is 14.1. The molecule has 0 bridgehead atoms. The number of rotatable bonds is 8. The summed E-state index contributed by atoms with van der Waals surface area (Å²) in [6, 6.07) is 0. The van der Waals surface area contributed by atoms with E-state index in [1.807, 2.05) is 27.7 Å². The first-order valence-corrected chi connectivity index (χ1v) is 7.98. The summed E-state index contributed by atoms with van der Waals surface area (Å²) < 4.78 is 7.14. The molecular weight excluding hydrogens is 266 g/mol. The highest BCUT2D eigenvalue weighted by molar-refractivity contribution is 5.88. The summed E-state index contributed by atoms with van der Waals surface area (Å²) in [6.07, 6.45) is 7.41. The van der Waals surface area contributed by atoms with Gasteiger partial charge >= 0.3 is 5.97 Å². The lowest BCUT2D eigenvalue weighted by Crippen LogP contribution is -2.24. The Balaban J connectivity index is 2.46. The fourth-order valence-corrected chi connectivity index (χ4v) is 2.13. The summed E-state index contributed by atoms with van der Waals surface area (Å²) in [6.45, 7) is 10.4. The Bertz CT molecular complexity index is 447. The van der Waals surface area contributed by atoms with Gasteiger partial charge in [0, 0.05) is 6.54 Å². The number of hydrogen-bond donors (Lipinski definition) is 0. The van der Waals surface area contributed by atoms with Gasteiger partial charge in [-0.05, 0) is 34.1 Å². The van der Waals surface area contributed by atoms with Crippen LogP contribution in [-0.4, -0.2) is 26.6 Å². The lowest BCUT2D eigenvalue weighted by atomic mass is 10.1. The number of carbonyl (C=O) groups is 1. The van der Waals surface area contributed by atoms with E-state index >= 15 is 0 Å². The summed E-state index contributed by atoms with van der Waals surface area (Å²) in [5, 5.41) is 8.03. The minimum Gasteiger partial charge on any atom is -0.455 e. The second-order valence-corrected chi connectivity index (χ2v) is 6.52. The van der Waals surface area contributed by atoms with Crippen molar-refractivity contribution in [1.82, 2.24) is 15.0 Å². The van der Waals surface area contributed by atoms with Crippen molar-refractivity contribution in [3.63, 3.8) is 0 Å². The van der Waals surface area contributed by atoms with Crippen LogP contribution in [0.1, 0.15) is 82.4 Å². The van der Waals surface area contributed by atoms with Crippen molar-refractivity contribution in [3.05, 3.63) is 11.4 Å². The van der Waals surface area contributed by atoms with Gasteiger partial charge in [-0.1, -0.05) is 44.2 Å². The Morgan fingerprint density at radius 1 is 1.14 bits per heavy atom. The van der Waals surface area contributed by atoms with Crippen LogP contribution >= 0.6 is 0 Å². The third-order valence-corrected chi connectivity index (χ3v) is 3.30. The van der Waals surface area contributed by atoms with Gasteiger partial charge in [0.15, 0.2) is 5.69 Å². The second-order valence-electron chi connectivity index (χ2n) is 6.52. The summed E-state index contributed by atoms with van der Waals surface area (Å²) in [5.41, 5.74) is 0.612. The highest BCUT2D eigenvalue weighted by Crippen LogP contribution is 2.14. The highest BCUT2D eigenvalue weighted by Gasteiger charge is 2.23. The molecule has 0 radical (unpaired) electrons. The molecule has 21 heavy (non-hydrogen) atoms. The molecule has 1 aromatic rings. The molecule has 0 aliphatic carbocycles. The summed E-state index contributed by atoms with van der Waals surface area (Å²) in [7, 11) is 0. The van der Waals surface area contributed by atoms with Gasteiger partial charge in [-0.15, -0.1) is 5.10 Å². The molecule has 0 saturated heterocycles. The molecule has 0 fully saturated rings. The molecule has 1 heterocycles. The number of ether oxygens (including phenoxy) is 1. The normalized spacial score (nSPS) is 11.7. The number of hydrogen-bond acceptors (Lipinski definition) is 4. The fourth-order valence-electron chi connectivity index (χ4n) is 2.13. The molecule has 5 heteroatoms. The molecule has 0 aliphatic heterocycles. The first-order valence-electron chi connectivity index (χ1n) is 7.98. The molecule has 1 aromatic heterocycles. The Kier molecular flexibility index (Phi) is 6.85. The van der Waals surface area contributed by atoms with E-state index in [0.717, 1.165) is 18.7 Å². The van der Waals surface area contributed by atoms with Crippen LogP contribution in [0.3, 0.4) is 0 Å². The third-order valence-electron chi connectivity index (χ3n) is 3.30. The van der Waals surface area contributed by atoms with Crippen LogP contribution in [0, 0.1) is 6.92 Å². The monoisotopic (exact) mass is 295 g/mol. The minimum atomic E-state index is -0.507. The molecule has 0 atom stereocenters. The second kappa shape index (κ2) is 8.15. The van der Waals surface area contributed by atoms with E-state index in [0.29, 0.717) is 5.69 Å². The van der Waals surface area contributed by atoms with E-state index in [-0.39, 0.29) is 0 Å². The maximum atomic E-state index is 12.0. The van der Waals surface area contributed by atoms with Gasteiger partial charge in [-0.2, -0.15) is 0 Å². The lowest BCUT2D eigenvalue weighted by molar-refractivity contribution is 0.00618. The van der Waals surface area contributed by atoms with E-state index in [9.17, 15) is 4.79 Å².